The largest absolute Gasteiger partial charge is 0.289 e. The van der Waals surface area contributed by atoms with Crippen LogP contribution in [-0.4, -0.2) is 36.1 Å². The van der Waals surface area contributed by atoms with E-state index in [4.69, 9.17) is 0 Å². The summed E-state index contributed by atoms with van der Waals surface area (Å²) in [5, 5.41) is 9.33. The van der Waals surface area contributed by atoms with Crippen LogP contribution in [0.1, 0.15) is 37.8 Å². The molecule has 0 unspecified atom stereocenters. The number of nitrogens with zero attached hydrogens (tertiary/aromatic N) is 1. The molecule has 0 bridgehead atoms. The number of hydroxylamine groups is 1. The summed E-state index contributed by atoms with van der Waals surface area (Å²) in [5.74, 6) is -3.02. The van der Waals surface area contributed by atoms with Crippen molar-refractivity contribution in [2.75, 3.05) is 6.26 Å². The highest BCUT2D eigenvalue weighted by molar-refractivity contribution is 7.88. The number of hydrazine groups is 1. The number of carbonyl (C=O) groups is 2. The molecule has 2 aromatic rings. The van der Waals surface area contributed by atoms with Crippen molar-refractivity contribution < 1.29 is 23.2 Å². The smallest absolute Gasteiger partial charge is 0.247 e. The zero-order valence-electron chi connectivity index (χ0n) is 19.7. The van der Waals surface area contributed by atoms with Gasteiger partial charge in [-0.2, -0.15) is 0 Å². The quantitative estimate of drug-likeness (QED) is 0.314. The van der Waals surface area contributed by atoms with E-state index in [9.17, 15) is 23.2 Å². The van der Waals surface area contributed by atoms with Gasteiger partial charge in [-0.1, -0.05) is 86.7 Å². The van der Waals surface area contributed by atoms with Crippen LogP contribution in [0.25, 0.3) is 6.08 Å². The predicted molar refractivity (Wildman–Crippen MR) is 131 cm³/mol. The lowest BCUT2D eigenvalue weighted by molar-refractivity contribution is -0.142. The van der Waals surface area contributed by atoms with Gasteiger partial charge >= 0.3 is 0 Å². The van der Waals surface area contributed by atoms with Gasteiger partial charge in [-0.05, 0) is 29.9 Å². The third kappa shape index (κ3) is 8.74. The summed E-state index contributed by atoms with van der Waals surface area (Å²) in [5.41, 5.74) is 5.79. The molecule has 0 aromatic heterocycles. The molecule has 2 amide bonds. The van der Waals surface area contributed by atoms with Crippen molar-refractivity contribution in [1.82, 2.24) is 15.3 Å². The average molecular weight is 488 g/mol. The van der Waals surface area contributed by atoms with Crippen LogP contribution in [0.3, 0.4) is 0 Å². The van der Waals surface area contributed by atoms with E-state index >= 15 is 0 Å². The molecule has 184 valence electrons. The van der Waals surface area contributed by atoms with Gasteiger partial charge in [-0.15, -0.1) is 4.41 Å². The van der Waals surface area contributed by atoms with Gasteiger partial charge in [0.2, 0.25) is 21.8 Å². The van der Waals surface area contributed by atoms with Gasteiger partial charge in [0.15, 0.2) is 0 Å². The highest BCUT2D eigenvalue weighted by Gasteiger charge is 2.35. The molecule has 0 aliphatic rings. The maximum absolute atomic E-state index is 13.3. The Morgan fingerprint density at radius 2 is 1.56 bits per heavy atom. The maximum atomic E-state index is 13.3. The first-order chi connectivity index (χ1) is 16.1. The Bertz CT molecular complexity index is 1060. The number of rotatable bonds is 12. The first kappa shape index (κ1) is 27.2. The molecule has 0 aliphatic carbocycles. The van der Waals surface area contributed by atoms with E-state index in [1.807, 2.05) is 56.3 Å². The van der Waals surface area contributed by atoms with Crippen LogP contribution in [0.2, 0.25) is 0 Å². The fraction of sp³-hybridized carbons (Fsp3) is 0.360. The topological polar surface area (TPSA) is 116 Å². The summed E-state index contributed by atoms with van der Waals surface area (Å²) >= 11 is 0. The number of allylic oxidation sites excluding steroid dienone is 1. The molecular formula is C25H33N3O5S. The lowest BCUT2D eigenvalue weighted by atomic mass is 9.82. The molecule has 0 aliphatic heterocycles. The van der Waals surface area contributed by atoms with Gasteiger partial charge in [0.25, 0.3) is 0 Å². The summed E-state index contributed by atoms with van der Waals surface area (Å²) in [6.45, 7) is 3.77. The average Bonchev–Trinajstić information content (AvgIpc) is 2.80. The van der Waals surface area contributed by atoms with Crippen molar-refractivity contribution in [3.63, 3.8) is 0 Å². The molecule has 0 fully saturated rings. The summed E-state index contributed by atoms with van der Waals surface area (Å²) in [6, 6.07) is 18.4. The zero-order chi connectivity index (χ0) is 25.1. The summed E-state index contributed by atoms with van der Waals surface area (Å²) in [7, 11) is -3.79. The number of nitrogens with one attached hydrogen (secondary N) is 2. The lowest BCUT2D eigenvalue weighted by Crippen LogP contribution is -2.50. The molecule has 0 spiro atoms. The van der Waals surface area contributed by atoms with Gasteiger partial charge < -0.3 is 0 Å². The standard InChI is InChI=1S/C25H33N3O5S/c1-19(2)17-23(22(25(30)27-31)16-10-15-20-11-6-4-7-12-20)24(29)26-28(34(3,32)33)18-21-13-8-5-9-14-21/h4-15,19,22-23,31H,16-18H2,1-3H3,(H,26,29)(H,27,30)/t22-,23+/m0/s1. The van der Waals surface area contributed by atoms with Gasteiger partial charge in [-0.25, -0.2) is 13.9 Å². The Hall–Kier alpha value is -3.01. The second-order valence-corrected chi connectivity index (χ2v) is 10.5. The van der Waals surface area contributed by atoms with E-state index in [2.05, 4.69) is 5.43 Å². The highest BCUT2D eigenvalue weighted by atomic mass is 32.2. The molecule has 2 aromatic carbocycles. The Balaban J connectivity index is 2.28. The first-order valence-corrected chi connectivity index (χ1v) is 12.9. The van der Waals surface area contributed by atoms with E-state index in [1.54, 1.807) is 35.8 Å². The van der Waals surface area contributed by atoms with Gasteiger partial charge in [-0.3, -0.25) is 20.2 Å². The minimum absolute atomic E-state index is 0.0450. The number of benzene rings is 2. The molecule has 34 heavy (non-hydrogen) atoms. The van der Waals surface area contributed by atoms with E-state index in [0.717, 1.165) is 16.2 Å². The Morgan fingerprint density at radius 1 is 0.971 bits per heavy atom. The fourth-order valence-electron chi connectivity index (χ4n) is 3.61. The van der Waals surface area contributed by atoms with E-state index < -0.39 is 33.7 Å². The number of hydrogen-bond donors (Lipinski definition) is 3. The zero-order valence-corrected chi connectivity index (χ0v) is 20.5. The van der Waals surface area contributed by atoms with Crippen LogP contribution in [0.15, 0.2) is 66.7 Å². The minimum Gasteiger partial charge on any atom is -0.289 e. The van der Waals surface area contributed by atoms with Crippen molar-refractivity contribution in [2.45, 2.75) is 33.2 Å². The van der Waals surface area contributed by atoms with E-state index in [1.165, 1.54) is 0 Å². The molecule has 8 nitrogen and oxygen atoms in total. The van der Waals surface area contributed by atoms with E-state index in [0.29, 0.717) is 12.0 Å². The van der Waals surface area contributed by atoms with Crippen molar-refractivity contribution in [3.8, 4) is 0 Å². The maximum Gasteiger partial charge on any atom is 0.247 e. The molecule has 2 rings (SSSR count). The molecule has 0 radical (unpaired) electrons. The second kappa shape index (κ2) is 13.0. The normalized spacial score (nSPS) is 13.7. The number of carbonyl (C=O) groups excluding carboxylic acids is 2. The van der Waals surface area contributed by atoms with Crippen LogP contribution in [0.4, 0.5) is 0 Å². The lowest BCUT2D eigenvalue weighted by Gasteiger charge is -2.28. The number of sulfonamides is 1. The molecular weight excluding hydrogens is 454 g/mol. The van der Waals surface area contributed by atoms with E-state index in [-0.39, 0.29) is 18.9 Å². The van der Waals surface area contributed by atoms with Crippen LogP contribution >= 0.6 is 0 Å². The third-order valence-corrected chi connectivity index (χ3v) is 6.32. The van der Waals surface area contributed by atoms with Crippen LogP contribution in [0.5, 0.6) is 0 Å². The monoisotopic (exact) mass is 487 g/mol. The Kier molecular flexibility index (Phi) is 10.4. The molecule has 2 atom stereocenters. The molecule has 3 N–H and O–H groups in total. The number of amides is 2. The summed E-state index contributed by atoms with van der Waals surface area (Å²) in [4.78, 5) is 25.9. The van der Waals surface area contributed by atoms with Gasteiger partial charge in [0, 0.05) is 0 Å². The van der Waals surface area contributed by atoms with Gasteiger partial charge in [0.05, 0.1) is 24.6 Å². The van der Waals surface area contributed by atoms with Crippen molar-refractivity contribution in [1.29, 1.82) is 0 Å². The van der Waals surface area contributed by atoms with Crippen LogP contribution < -0.4 is 10.9 Å². The molecule has 0 saturated heterocycles. The first-order valence-electron chi connectivity index (χ1n) is 11.1. The molecule has 9 heteroatoms. The summed E-state index contributed by atoms with van der Waals surface area (Å²) in [6.07, 6.45) is 5.12. The molecule has 0 saturated carbocycles. The van der Waals surface area contributed by atoms with Crippen molar-refractivity contribution in [2.24, 2.45) is 17.8 Å². The number of hydrogen-bond acceptors (Lipinski definition) is 5. The third-order valence-electron chi connectivity index (χ3n) is 5.30. The van der Waals surface area contributed by atoms with Crippen molar-refractivity contribution in [3.05, 3.63) is 77.9 Å². The predicted octanol–water partition coefficient (Wildman–Crippen LogP) is 3.37. The minimum atomic E-state index is -3.79. The van der Waals surface area contributed by atoms with Crippen LogP contribution in [-0.2, 0) is 26.2 Å². The second-order valence-electron chi connectivity index (χ2n) is 8.60. The Labute approximate surface area is 201 Å². The fourth-order valence-corrected chi connectivity index (χ4v) is 4.25. The molecule has 0 heterocycles. The summed E-state index contributed by atoms with van der Waals surface area (Å²) < 4.78 is 25.7. The van der Waals surface area contributed by atoms with Crippen LogP contribution in [0, 0.1) is 17.8 Å². The Morgan fingerprint density at radius 3 is 2.09 bits per heavy atom. The van der Waals surface area contributed by atoms with Crippen molar-refractivity contribution >= 4 is 27.9 Å². The van der Waals surface area contributed by atoms with Gasteiger partial charge in [0.1, 0.15) is 0 Å². The SMILES string of the molecule is CC(C)C[C@@H](C(=O)NN(Cc1ccccc1)S(C)(=O)=O)[C@H](CC=Cc1ccccc1)C(=O)NO. The highest BCUT2D eigenvalue weighted by Crippen LogP contribution is 2.26.